The van der Waals surface area contributed by atoms with Crippen LogP contribution in [-0.2, 0) is 38.1 Å². The van der Waals surface area contributed by atoms with Crippen molar-refractivity contribution in [2.24, 2.45) is 5.92 Å². The van der Waals surface area contributed by atoms with Crippen LogP contribution in [0.2, 0.25) is 0 Å². The molecule has 0 N–H and O–H groups in total. The number of halogens is 1. The Bertz CT molecular complexity index is 1000. The molecule has 10 heteroatoms. The van der Waals surface area contributed by atoms with E-state index >= 15 is 0 Å². The molecule has 176 valence electrons. The van der Waals surface area contributed by atoms with Gasteiger partial charge in [-0.3, -0.25) is 0 Å². The molecule has 0 aliphatic carbocycles. The zero-order chi connectivity index (χ0) is 22.6. The summed E-state index contributed by atoms with van der Waals surface area (Å²) < 4.78 is 57.7. The van der Waals surface area contributed by atoms with Gasteiger partial charge in [-0.2, -0.15) is 4.98 Å². The van der Waals surface area contributed by atoms with E-state index in [1.807, 2.05) is 0 Å². The predicted molar refractivity (Wildman–Crippen MR) is 115 cm³/mol. The van der Waals surface area contributed by atoms with Crippen LogP contribution >= 0.6 is 0 Å². The number of methoxy groups -OCH3 is 1. The number of hydrogen-bond acceptors (Lipinski definition) is 7. The molecule has 1 unspecified atom stereocenters. The van der Waals surface area contributed by atoms with Gasteiger partial charge >= 0.3 is 0 Å². The molecular weight excluding hydrogens is 437 g/mol. The molecule has 0 radical (unpaired) electrons. The highest BCUT2D eigenvalue weighted by molar-refractivity contribution is 7.88. The number of hydrogen-bond donors (Lipinski definition) is 0. The maximum Gasteiger partial charge on any atom is 0.226 e. The van der Waals surface area contributed by atoms with Gasteiger partial charge < -0.3 is 14.0 Å². The lowest BCUT2D eigenvalue weighted by Gasteiger charge is -2.45. The topological polar surface area (TPSA) is 94.8 Å². The summed E-state index contributed by atoms with van der Waals surface area (Å²) in [5.41, 5.74) is -0.127. The molecule has 2 saturated heterocycles. The first-order valence-electron chi connectivity index (χ1n) is 11.0. The fraction of sp³-hybridized carbons (Fsp3) is 0.636. The second-order valence-electron chi connectivity index (χ2n) is 8.69. The Morgan fingerprint density at radius 1 is 1.28 bits per heavy atom. The van der Waals surface area contributed by atoms with E-state index < -0.39 is 15.8 Å². The van der Waals surface area contributed by atoms with Crippen molar-refractivity contribution in [3.8, 4) is 0 Å². The first-order chi connectivity index (χ1) is 15.4. The van der Waals surface area contributed by atoms with E-state index in [1.165, 1.54) is 16.4 Å². The zero-order valence-electron chi connectivity index (χ0n) is 18.3. The van der Waals surface area contributed by atoms with Crippen LogP contribution < -0.4 is 0 Å². The van der Waals surface area contributed by atoms with Crippen molar-refractivity contribution in [3.63, 3.8) is 0 Å². The standard InChI is InChI=1S/C22H30FN3O5S/c1-29-12-7-20-24-21(31-25-20)14-17-6-13-30-22(15-17)8-10-26(11-9-22)32(27,28)16-18-4-2-3-5-19(18)23/h2-5,17H,6-16H2,1H3. The number of benzene rings is 1. The van der Waals surface area contributed by atoms with E-state index in [1.54, 1.807) is 19.2 Å². The lowest BCUT2D eigenvalue weighted by molar-refractivity contribution is -0.121. The summed E-state index contributed by atoms with van der Waals surface area (Å²) >= 11 is 0. The molecule has 8 nitrogen and oxygen atoms in total. The molecule has 1 aromatic heterocycles. The van der Waals surface area contributed by atoms with Crippen LogP contribution in [0.25, 0.3) is 0 Å². The van der Waals surface area contributed by atoms with Gasteiger partial charge in [-0.1, -0.05) is 23.4 Å². The number of sulfonamides is 1. The molecule has 2 aliphatic rings. The van der Waals surface area contributed by atoms with Crippen LogP contribution in [-0.4, -0.2) is 61.9 Å². The Hall–Kier alpha value is -1.88. The highest BCUT2D eigenvalue weighted by Crippen LogP contribution is 2.39. The average molecular weight is 468 g/mol. The third kappa shape index (κ3) is 5.54. The van der Waals surface area contributed by atoms with Gasteiger partial charge in [0.2, 0.25) is 15.9 Å². The van der Waals surface area contributed by atoms with Gasteiger partial charge in [0, 0.05) is 45.2 Å². The normalized spacial score (nSPS) is 21.8. The van der Waals surface area contributed by atoms with Crippen molar-refractivity contribution in [2.75, 3.05) is 33.4 Å². The van der Waals surface area contributed by atoms with Crippen LogP contribution in [0.4, 0.5) is 4.39 Å². The van der Waals surface area contributed by atoms with E-state index in [9.17, 15) is 12.8 Å². The van der Waals surface area contributed by atoms with Crippen LogP contribution in [0.3, 0.4) is 0 Å². The number of rotatable bonds is 8. The van der Waals surface area contributed by atoms with Crippen molar-refractivity contribution in [1.82, 2.24) is 14.4 Å². The molecule has 2 aliphatic heterocycles. The molecule has 1 spiro atoms. The van der Waals surface area contributed by atoms with Gasteiger partial charge in [0.05, 0.1) is 18.0 Å². The first kappa shape index (κ1) is 23.3. The van der Waals surface area contributed by atoms with Crippen molar-refractivity contribution < 1.29 is 26.8 Å². The number of ether oxygens (including phenoxy) is 2. The summed E-state index contributed by atoms with van der Waals surface area (Å²) in [7, 11) is -1.95. The number of aromatic nitrogens is 2. The van der Waals surface area contributed by atoms with E-state index in [0.717, 1.165) is 12.8 Å². The number of nitrogens with zero attached hydrogens (tertiary/aromatic N) is 3. The summed E-state index contributed by atoms with van der Waals surface area (Å²) in [6.45, 7) is 1.95. The molecule has 0 amide bonds. The van der Waals surface area contributed by atoms with Gasteiger partial charge in [0.1, 0.15) is 5.82 Å². The van der Waals surface area contributed by atoms with Crippen molar-refractivity contribution >= 4 is 10.0 Å². The average Bonchev–Trinajstić information content (AvgIpc) is 3.21. The summed E-state index contributed by atoms with van der Waals surface area (Å²) in [6, 6.07) is 6.02. The fourth-order valence-corrected chi connectivity index (χ4v) is 6.19. The molecule has 2 fully saturated rings. The molecule has 0 bridgehead atoms. The van der Waals surface area contributed by atoms with Crippen molar-refractivity contribution in [3.05, 3.63) is 47.4 Å². The van der Waals surface area contributed by atoms with E-state index in [2.05, 4.69) is 10.1 Å². The highest BCUT2D eigenvalue weighted by Gasteiger charge is 2.42. The molecule has 32 heavy (non-hydrogen) atoms. The van der Waals surface area contributed by atoms with Crippen LogP contribution in [0.1, 0.15) is 43.0 Å². The van der Waals surface area contributed by atoms with Gasteiger partial charge in [-0.25, -0.2) is 17.1 Å². The smallest absolute Gasteiger partial charge is 0.226 e. The molecular formula is C22H30FN3O5S. The third-order valence-electron chi connectivity index (χ3n) is 6.42. The quantitative estimate of drug-likeness (QED) is 0.589. The molecule has 4 rings (SSSR count). The highest BCUT2D eigenvalue weighted by atomic mass is 32.2. The first-order valence-corrected chi connectivity index (χ1v) is 12.7. The number of piperidine rings is 1. The minimum Gasteiger partial charge on any atom is -0.384 e. The SMILES string of the molecule is COCCc1noc(CC2CCOC3(CCN(S(=O)(=O)Cc4ccccc4F)CC3)C2)n1. The summed E-state index contributed by atoms with van der Waals surface area (Å²) in [6.07, 6.45) is 4.32. The molecule has 0 saturated carbocycles. The van der Waals surface area contributed by atoms with E-state index in [4.69, 9.17) is 14.0 Å². The minimum atomic E-state index is -3.59. The van der Waals surface area contributed by atoms with Crippen LogP contribution in [0, 0.1) is 11.7 Å². The van der Waals surface area contributed by atoms with Crippen molar-refractivity contribution in [2.45, 2.75) is 49.9 Å². The lowest BCUT2D eigenvalue weighted by atomic mass is 9.79. The second kappa shape index (κ2) is 9.94. The summed E-state index contributed by atoms with van der Waals surface area (Å²) in [5.74, 6) is 0.814. The minimum absolute atomic E-state index is 0.200. The van der Waals surface area contributed by atoms with Gasteiger partial charge in [0.25, 0.3) is 0 Å². The molecule has 1 atom stereocenters. The Labute approximate surface area is 188 Å². The fourth-order valence-electron chi connectivity index (χ4n) is 4.64. The molecule has 2 aromatic rings. The Balaban J connectivity index is 1.33. The maximum absolute atomic E-state index is 13.9. The summed E-state index contributed by atoms with van der Waals surface area (Å²) in [5, 5.41) is 4.00. The second-order valence-corrected chi connectivity index (χ2v) is 10.7. The Morgan fingerprint density at radius 2 is 2.06 bits per heavy atom. The van der Waals surface area contributed by atoms with Crippen LogP contribution in [0.5, 0.6) is 0 Å². The summed E-state index contributed by atoms with van der Waals surface area (Å²) in [4.78, 5) is 4.45. The maximum atomic E-state index is 13.9. The van der Waals surface area contributed by atoms with Crippen LogP contribution in [0.15, 0.2) is 28.8 Å². The van der Waals surface area contributed by atoms with E-state index in [0.29, 0.717) is 69.6 Å². The lowest BCUT2D eigenvalue weighted by Crippen LogP contribution is -2.51. The van der Waals surface area contributed by atoms with Crippen molar-refractivity contribution in [1.29, 1.82) is 0 Å². The van der Waals surface area contributed by atoms with Gasteiger partial charge in [-0.15, -0.1) is 0 Å². The zero-order valence-corrected chi connectivity index (χ0v) is 19.2. The Morgan fingerprint density at radius 3 is 2.81 bits per heavy atom. The molecule has 3 heterocycles. The molecule has 1 aromatic carbocycles. The Kier molecular flexibility index (Phi) is 7.24. The monoisotopic (exact) mass is 467 g/mol. The van der Waals surface area contributed by atoms with E-state index in [-0.39, 0.29) is 16.9 Å². The largest absolute Gasteiger partial charge is 0.384 e. The van der Waals surface area contributed by atoms with Gasteiger partial charge in [-0.05, 0) is 37.7 Å². The van der Waals surface area contributed by atoms with Gasteiger partial charge in [0.15, 0.2) is 5.82 Å². The third-order valence-corrected chi connectivity index (χ3v) is 8.25. The predicted octanol–water partition coefficient (Wildman–Crippen LogP) is 2.73.